The van der Waals surface area contributed by atoms with Gasteiger partial charge in [-0.05, 0) is 30.2 Å². The number of fused-ring (bicyclic) bond motifs is 1. The monoisotopic (exact) mass is 361 g/mol. The second kappa shape index (κ2) is 7.77. The van der Waals surface area contributed by atoms with Crippen LogP contribution in [0, 0.1) is 11.3 Å². The van der Waals surface area contributed by atoms with Crippen LogP contribution in [-0.4, -0.2) is 55.1 Å². The van der Waals surface area contributed by atoms with Crippen LogP contribution < -0.4 is 9.80 Å². The van der Waals surface area contributed by atoms with E-state index >= 15 is 0 Å². The van der Waals surface area contributed by atoms with Crippen molar-refractivity contribution in [2.75, 3.05) is 49.1 Å². The van der Waals surface area contributed by atoms with E-state index in [0.29, 0.717) is 12.0 Å². The molecule has 0 saturated carbocycles. The Morgan fingerprint density at radius 3 is 2.70 bits per heavy atom. The van der Waals surface area contributed by atoms with Crippen LogP contribution in [0.3, 0.4) is 0 Å². The molecule has 2 aliphatic heterocycles. The molecule has 4 rings (SSSR count). The van der Waals surface area contributed by atoms with Crippen LogP contribution in [0.1, 0.15) is 17.5 Å². The number of piperazine rings is 1. The van der Waals surface area contributed by atoms with E-state index in [2.05, 4.69) is 26.9 Å². The normalized spacial score (nSPS) is 16.9. The summed E-state index contributed by atoms with van der Waals surface area (Å²) in [7, 11) is 0. The highest BCUT2D eigenvalue weighted by atomic mass is 16.2. The number of benzene rings is 1. The van der Waals surface area contributed by atoms with E-state index in [-0.39, 0.29) is 5.91 Å². The lowest BCUT2D eigenvalue weighted by molar-refractivity contribution is -0.118. The average molecular weight is 361 g/mol. The van der Waals surface area contributed by atoms with Crippen molar-refractivity contribution < 1.29 is 4.79 Å². The average Bonchev–Trinajstić information content (AvgIpc) is 3.17. The van der Waals surface area contributed by atoms with Crippen molar-refractivity contribution in [2.24, 2.45) is 0 Å². The maximum atomic E-state index is 12.7. The number of nitrogens with zero attached hydrogens (tertiary/aromatic N) is 5. The highest BCUT2D eigenvalue weighted by Crippen LogP contribution is 2.28. The Labute approximate surface area is 159 Å². The van der Waals surface area contributed by atoms with Crippen LogP contribution in [0.2, 0.25) is 0 Å². The summed E-state index contributed by atoms with van der Waals surface area (Å²) in [5.74, 6) is 0.975. The molecule has 0 unspecified atom stereocenters. The van der Waals surface area contributed by atoms with Crippen LogP contribution in [0.25, 0.3) is 0 Å². The second-order valence-electron chi connectivity index (χ2n) is 6.99. The first-order chi connectivity index (χ1) is 13.3. The molecule has 3 heterocycles. The zero-order valence-electron chi connectivity index (χ0n) is 15.3. The molecule has 6 heteroatoms. The van der Waals surface area contributed by atoms with Gasteiger partial charge in [-0.15, -0.1) is 0 Å². The van der Waals surface area contributed by atoms with Gasteiger partial charge < -0.3 is 9.80 Å². The number of para-hydroxylation sites is 1. The van der Waals surface area contributed by atoms with E-state index in [1.807, 2.05) is 23.1 Å². The molecule has 1 amide bonds. The van der Waals surface area contributed by atoms with Gasteiger partial charge in [0.2, 0.25) is 5.91 Å². The molecule has 0 atom stereocenters. The van der Waals surface area contributed by atoms with Crippen LogP contribution in [0.4, 0.5) is 11.5 Å². The molecule has 6 nitrogen and oxygen atoms in total. The molecular formula is C21H23N5O. The Bertz CT molecular complexity index is 867. The number of carbonyl (C=O) groups excluding carboxylic acids is 1. The summed E-state index contributed by atoms with van der Waals surface area (Å²) < 4.78 is 0. The van der Waals surface area contributed by atoms with E-state index in [1.54, 1.807) is 18.3 Å². The molecule has 1 saturated heterocycles. The number of aromatic nitrogens is 1. The minimum absolute atomic E-state index is 0.207. The van der Waals surface area contributed by atoms with E-state index < -0.39 is 0 Å². The Morgan fingerprint density at radius 1 is 1.07 bits per heavy atom. The van der Waals surface area contributed by atoms with E-state index in [0.717, 1.165) is 57.2 Å². The summed E-state index contributed by atoms with van der Waals surface area (Å²) in [6.45, 7) is 4.98. The molecule has 2 aromatic rings. The largest absolute Gasteiger partial charge is 0.353 e. The van der Waals surface area contributed by atoms with Crippen LogP contribution in [0.5, 0.6) is 0 Å². The fraction of sp³-hybridized carbons (Fsp3) is 0.381. The molecule has 0 N–H and O–H groups in total. The summed E-state index contributed by atoms with van der Waals surface area (Å²) in [4.78, 5) is 23.4. The fourth-order valence-electron chi connectivity index (χ4n) is 3.91. The van der Waals surface area contributed by atoms with Crippen molar-refractivity contribution in [2.45, 2.75) is 12.8 Å². The van der Waals surface area contributed by atoms with Crippen LogP contribution >= 0.6 is 0 Å². The first-order valence-corrected chi connectivity index (χ1v) is 9.47. The standard InChI is InChI=1S/C21H23N5O/c22-16-18-5-3-9-23-21(18)25-14-12-24(13-15-25)10-8-20(27)26-11-7-17-4-1-2-6-19(17)26/h1-6,9H,7-8,10-15H2. The number of rotatable bonds is 4. The summed E-state index contributed by atoms with van der Waals surface area (Å²) in [6.07, 6.45) is 3.22. The van der Waals surface area contributed by atoms with Crippen molar-refractivity contribution in [1.82, 2.24) is 9.88 Å². The highest BCUT2D eigenvalue weighted by molar-refractivity contribution is 5.95. The first kappa shape index (κ1) is 17.5. The number of amides is 1. The number of hydrogen-bond acceptors (Lipinski definition) is 5. The maximum absolute atomic E-state index is 12.7. The molecule has 0 bridgehead atoms. The predicted molar refractivity (Wildman–Crippen MR) is 105 cm³/mol. The van der Waals surface area contributed by atoms with Gasteiger partial charge in [0.1, 0.15) is 11.9 Å². The Kier molecular flexibility index (Phi) is 5.03. The summed E-state index contributed by atoms with van der Waals surface area (Å²) in [5, 5.41) is 9.25. The number of hydrogen-bond donors (Lipinski definition) is 0. The molecule has 2 aliphatic rings. The van der Waals surface area contributed by atoms with Gasteiger partial charge in [-0.2, -0.15) is 5.26 Å². The van der Waals surface area contributed by atoms with Gasteiger partial charge in [0.15, 0.2) is 0 Å². The van der Waals surface area contributed by atoms with E-state index in [4.69, 9.17) is 0 Å². The molecule has 27 heavy (non-hydrogen) atoms. The third-order valence-corrected chi connectivity index (χ3v) is 5.41. The zero-order valence-corrected chi connectivity index (χ0v) is 15.3. The van der Waals surface area contributed by atoms with Crippen LogP contribution in [-0.2, 0) is 11.2 Å². The Hall–Kier alpha value is -2.91. The van der Waals surface area contributed by atoms with Gasteiger partial charge in [0, 0.05) is 57.6 Å². The SMILES string of the molecule is N#Cc1cccnc1N1CCN(CCC(=O)N2CCc3ccccc32)CC1. The molecule has 1 fully saturated rings. The van der Waals surface area contributed by atoms with Gasteiger partial charge in [-0.3, -0.25) is 9.69 Å². The predicted octanol–water partition coefficient (Wildman–Crippen LogP) is 2.05. The number of pyridine rings is 1. The molecular weight excluding hydrogens is 338 g/mol. The molecule has 1 aromatic heterocycles. The van der Waals surface area contributed by atoms with Crippen molar-refractivity contribution in [3.63, 3.8) is 0 Å². The van der Waals surface area contributed by atoms with Crippen LogP contribution in [0.15, 0.2) is 42.6 Å². The molecule has 138 valence electrons. The second-order valence-corrected chi connectivity index (χ2v) is 6.99. The minimum atomic E-state index is 0.207. The van der Waals surface area contributed by atoms with Crippen molar-refractivity contribution in [1.29, 1.82) is 5.26 Å². The van der Waals surface area contributed by atoms with Crippen molar-refractivity contribution >= 4 is 17.4 Å². The quantitative estimate of drug-likeness (QED) is 0.834. The topological polar surface area (TPSA) is 63.5 Å². The fourth-order valence-corrected chi connectivity index (χ4v) is 3.91. The van der Waals surface area contributed by atoms with E-state index in [9.17, 15) is 10.1 Å². The summed E-state index contributed by atoms with van der Waals surface area (Å²) in [5.41, 5.74) is 2.96. The van der Waals surface area contributed by atoms with Gasteiger partial charge in [-0.1, -0.05) is 18.2 Å². The lowest BCUT2D eigenvalue weighted by Crippen LogP contribution is -2.47. The van der Waals surface area contributed by atoms with Gasteiger partial charge >= 0.3 is 0 Å². The first-order valence-electron chi connectivity index (χ1n) is 9.47. The van der Waals surface area contributed by atoms with Gasteiger partial charge in [0.05, 0.1) is 5.56 Å². The van der Waals surface area contributed by atoms with Crippen molar-refractivity contribution in [3.8, 4) is 6.07 Å². The zero-order chi connectivity index (χ0) is 18.6. The lowest BCUT2D eigenvalue weighted by atomic mass is 10.2. The Morgan fingerprint density at radius 2 is 1.89 bits per heavy atom. The highest BCUT2D eigenvalue weighted by Gasteiger charge is 2.25. The van der Waals surface area contributed by atoms with Gasteiger partial charge in [0.25, 0.3) is 0 Å². The minimum Gasteiger partial charge on any atom is -0.353 e. The summed E-state index contributed by atoms with van der Waals surface area (Å²) >= 11 is 0. The number of nitriles is 1. The smallest absolute Gasteiger partial charge is 0.228 e. The molecule has 0 spiro atoms. The van der Waals surface area contributed by atoms with Gasteiger partial charge in [-0.25, -0.2) is 4.98 Å². The third kappa shape index (κ3) is 3.64. The summed E-state index contributed by atoms with van der Waals surface area (Å²) in [6, 6.07) is 14.0. The molecule has 1 aromatic carbocycles. The molecule has 0 aliphatic carbocycles. The maximum Gasteiger partial charge on any atom is 0.228 e. The van der Waals surface area contributed by atoms with Crippen molar-refractivity contribution in [3.05, 3.63) is 53.7 Å². The van der Waals surface area contributed by atoms with E-state index in [1.165, 1.54) is 5.56 Å². The molecule has 0 radical (unpaired) electrons. The number of carbonyl (C=O) groups is 1. The third-order valence-electron chi connectivity index (χ3n) is 5.41. The Balaban J connectivity index is 1.29. The lowest BCUT2D eigenvalue weighted by Gasteiger charge is -2.35. The number of anilines is 2.